The van der Waals surface area contributed by atoms with Crippen molar-refractivity contribution < 1.29 is 13.2 Å². The molecule has 1 aromatic heterocycles. The lowest BCUT2D eigenvalue weighted by molar-refractivity contribution is 0.173. The molecule has 0 saturated carbocycles. The topological polar surface area (TPSA) is 71.5 Å². The van der Waals surface area contributed by atoms with Crippen LogP contribution in [0.1, 0.15) is 27.2 Å². The first kappa shape index (κ1) is 15.7. The van der Waals surface area contributed by atoms with Crippen molar-refractivity contribution >= 4 is 10.0 Å². The fraction of sp³-hybridized carbons (Fsp3) is 0.667. The van der Waals surface area contributed by atoms with Crippen molar-refractivity contribution in [2.24, 2.45) is 5.41 Å². The Kier molecular flexibility index (Phi) is 3.91. The van der Waals surface area contributed by atoms with Crippen LogP contribution in [0.4, 0.5) is 0 Å². The van der Waals surface area contributed by atoms with Crippen molar-refractivity contribution in [1.29, 1.82) is 0 Å². The van der Waals surface area contributed by atoms with Crippen molar-refractivity contribution in [3.8, 4) is 5.88 Å². The minimum Gasteiger partial charge on any atom is -0.470 e. The lowest BCUT2D eigenvalue weighted by Gasteiger charge is -2.23. The van der Waals surface area contributed by atoms with Crippen LogP contribution in [0.15, 0.2) is 23.2 Å². The van der Waals surface area contributed by atoms with Gasteiger partial charge in [0, 0.05) is 19.3 Å². The summed E-state index contributed by atoms with van der Waals surface area (Å²) in [6, 6.07) is 2.92. The summed E-state index contributed by atoms with van der Waals surface area (Å²) in [4.78, 5) is 6.48. The maximum absolute atomic E-state index is 12.4. The lowest BCUT2D eigenvalue weighted by atomic mass is 9.92. The molecular weight excluding hydrogens is 302 g/mol. The van der Waals surface area contributed by atoms with Crippen molar-refractivity contribution in [3.05, 3.63) is 18.3 Å². The van der Waals surface area contributed by atoms with E-state index < -0.39 is 10.0 Å². The molecule has 1 aromatic rings. The fourth-order valence-electron chi connectivity index (χ4n) is 2.84. The van der Waals surface area contributed by atoms with E-state index in [1.165, 1.54) is 6.07 Å². The van der Waals surface area contributed by atoms with Crippen LogP contribution in [0.2, 0.25) is 0 Å². The molecule has 0 bridgehead atoms. The summed E-state index contributed by atoms with van der Waals surface area (Å²) in [6.07, 6.45) is 2.43. The molecule has 1 N–H and O–H groups in total. The lowest BCUT2D eigenvalue weighted by Crippen LogP contribution is -2.42. The van der Waals surface area contributed by atoms with E-state index in [9.17, 15) is 8.42 Å². The molecule has 2 atom stereocenters. The van der Waals surface area contributed by atoms with Crippen LogP contribution in [0.3, 0.4) is 0 Å². The van der Waals surface area contributed by atoms with Crippen molar-refractivity contribution in [1.82, 2.24) is 14.6 Å². The second kappa shape index (κ2) is 5.47. The highest BCUT2D eigenvalue weighted by molar-refractivity contribution is 7.89. The Bertz CT molecular complexity index is 654. The molecule has 6 nitrogen and oxygen atoms in total. The van der Waals surface area contributed by atoms with Gasteiger partial charge in [0.05, 0.1) is 6.04 Å². The summed E-state index contributed by atoms with van der Waals surface area (Å²) in [7, 11) is -3.56. The number of sulfonamides is 1. The summed E-state index contributed by atoms with van der Waals surface area (Å²) in [5.74, 6) is 0.208. The SMILES string of the molecule is CC(C)(C)CCN1C[C@@H]2Oc3ncccc3S(=O)(=O)N[C@@H]2C1. The molecule has 0 radical (unpaired) electrons. The molecule has 0 unspecified atom stereocenters. The van der Waals surface area contributed by atoms with E-state index in [0.717, 1.165) is 19.5 Å². The average Bonchev–Trinajstić information content (AvgIpc) is 2.73. The van der Waals surface area contributed by atoms with Crippen LogP contribution < -0.4 is 9.46 Å². The van der Waals surface area contributed by atoms with E-state index in [0.29, 0.717) is 6.54 Å². The summed E-state index contributed by atoms with van der Waals surface area (Å²) in [5.41, 5.74) is 0.263. The Morgan fingerprint density at radius 3 is 2.91 bits per heavy atom. The molecular formula is C15H23N3O3S. The minimum absolute atomic E-state index is 0.130. The average molecular weight is 325 g/mol. The van der Waals surface area contributed by atoms with Gasteiger partial charge >= 0.3 is 0 Å². The first-order valence-corrected chi connectivity index (χ1v) is 9.09. The largest absolute Gasteiger partial charge is 0.470 e. The quantitative estimate of drug-likeness (QED) is 0.886. The Hall–Kier alpha value is -1.18. The maximum Gasteiger partial charge on any atom is 0.246 e. The zero-order valence-corrected chi connectivity index (χ0v) is 14.1. The molecule has 3 rings (SSSR count). The van der Waals surface area contributed by atoms with Gasteiger partial charge in [0.1, 0.15) is 11.0 Å². The van der Waals surface area contributed by atoms with E-state index in [-0.39, 0.29) is 28.3 Å². The number of fused-ring (bicyclic) bond motifs is 2. The van der Waals surface area contributed by atoms with Gasteiger partial charge in [0.25, 0.3) is 0 Å². The second-order valence-corrected chi connectivity index (χ2v) is 8.94. The summed E-state index contributed by atoms with van der Waals surface area (Å²) in [6.45, 7) is 8.96. The van der Waals surface area contributed by atoms with Crippen LogP contribution in [0.5, 0.6) is 5.88 Å². The molecule has 0 aromatic carbocycles. The number of aromatic nitrogens is 1. The highest BCUT2D eigenvalue weighted by atomic mass is 32.2. The monoisotopic (exact) mass is 325 g/mol. The van der Waals surface area contributed by atoms with Gasteiger partial charge in [0.15, 0.2) is 0 Å². The van der Waals surface area contributed by atoms with E-state index in [4.69, 9.17) is 4.74 Å². The van der Waals surface area contributed by atoms with Gasteiger partial charge in [-0.3, -0.25) is 4.90 Å². The number of likely N-dealkylation sites (tertiary alicyclic amines) is 1. The predicted molar refractivity (Wildman–Crippen MR) is 83.3 cm³/mol. The molecule has 7 heteroatoms. The van der Waals surface area contributed by atoms with Crippen LogP contribution >= 0.6 is 0 Å². The zero-order valence-electron chi connectivity index (χ0n) is 13.2. The normalized spacial score (nSPS) is 27.6. The first-order chi connectivity index (χ1) is 10.2. The van der Waals surface area contributed by atoms with Crippen LogP contribution in [-0.4, -0.2) is 50.1 Å². The molecule has 0 amide bonds. The highest BCUT2D eigenvalue weighted by Crippen LogP contribution is 2.29. The Morgan fingerprint density at radius 1 is 1.41 bits per heavy atom. The third kappa shape index (κ3) is 3.26. The molecule has 122 valence electrons. The van der Waals surface area contributed by atoms with Crippen LogP contribution in [0, 0.1) is 5.41 Å². The predicted octanol–water partition coefficient (Wildman–Crippen LogP) is 1.24. The van der Waals surface area contributed by atoms with E-state index in [2.05, 4.69) is 35.4 Å². The molecule has 1 saturated heterocycles. The summed E-state index contributed by atoms with van der Waals surface area (Å²) in [5, 5.41) is 0. The van der Waals surface area contributed by atoms with Crippen LogP contribution in [0.25, 0.3) is 0 Å². The smallest absolute Gasteiger partial charge is 0.246 e. The van der Waals surface area contributed by atoms with Crippen molar-refractivity contribution in [2.45, 2.75) is 44.2 Å². The maximum atomic E-state index is 12.4. The van der Waals surface area contributed by atoms with Crippen molar-refractivity contribution in [3.63, 3.8) is 0 Å². The molecule has 1 fully saturated rings. The third-order valence-electron chi connectivity index (χ3n) is 4.12. The molecule has 22 heavy (non-hydrogen) atoms. The van der Waals surface area contributed by atoms with Crippen molar-refractivity contribution in [2.75, 3.05) is 19.6 Å². The fourth-order valence-corrected chi connectivity index (χ4v) is 4.18. The Balaban J connectivity index is 1.77. The van der Waals surface area contributed by atoms with Gasteiger partial charge in [-0.25, -0.2) is 18.1 Å². The van der Waals surface area contributed by atoms with E-state index >= 15 is 0 Å². The van der Waals surface area contributed by atoms with Gasteiger partial charge in [0.2, 0.25) is 15.9 Å². The van der Waals surface area contributed by atoms with E-state index in [1.54, 1.807) is 12.3 Å². The standard InChI is InChI=1S/C15H23N3O3S/c1-15(2,3)6-8-18-9-11-12(10-18)21-14-13(5-4-7-16-14)22(19,20)17-11/h4-5,7,11-12,17H,6,8-10H2,1-3H3/t11-,12+/m1/s1. The zero-order chi connectivity index (χ0) is 16.0. The van der Waals surface area contributed by atoms with Gasteiger partial charge in [-0.2, -0.15) is 0 Å². The van der Waals surface area contributed by atoms with E-state index in [1.807, 2.05) is 0 Å². The number of hydrogen-bond donors (Lipinski definition) is 1. The number of ether oxygens (including phenoxy) is 1. The number of nitrogens with one attached hydrogen (secondary N) is 1. The molecule has 2 aliphatic rings. The van der Waals surface area contributed by atoms with Gasteiger partial charge < -0.3 is 4.74 Å². The molecule has 0 aliphatic carbocycles. The number of hydrogen-bond acceptors (Lipinski definition) is 5. The van der Waals surface area contributed by atoms with Gasteiger partial charge in [-0.15, -0.1) is 0 Å². The minimum atomic E-state index is -3.56. The summed E-state index contributed by atoms with van der Waals surface area (Å²) < 4.78 is 33.5. The Morgan fingerprint density at radius 2 is 2.18 bits per heavy atom. The number of nitrogens with zero attached hydrogens (tertiary/aromatic N) is 2. The number of rotatable bonds is 2. The Labute approximate surface area is 131 Å². The summed E-state index contributed by atoms with van der Waals surface area (Å²) >= 11 is 0. The molecule has 2 aliphatic heterocycles. The molecule has 0 spiro atoms. The third-order valence-corrected chi connectivity index (χ3v) is 5.62. The van der Waals surface area contributed by atoms with Crippen LogP contribution in [-0.2, 0) is 10.0 Å². The highest BCUT2D eigenvalue weighted by Gasteiger charge is 2.41. The molecule has 3 heterocycles. The second-order valence-electron chi connectivity index (χ2n) is 7.26. The first-order valence-electron chi connectivity index (χ1n) is 7.61. The van der Waals surface area contributed by atoms with Gasteiger partial charge in [-0.1, -0.05) is 20.8 Å². The number of pyridine rings is 1. The van der Waals surface area contributed by atoms with Gasteiger partial charge in [-0.05, 0) is 30.5 Å².